The van der Waals surface area contributed by atoms with Crippen LogP contribution in [0.1, 0.15) is 30.9 Å². The SMILES string of the molecule is C[C@@H](C[C@H](O)Cn1ccc2cc(-c3ncc(C(F)F)cn3)c(F)cc2c1=O)Oc1cn[nH]c(=O)c1C(F)(F)F. The van der Waals surface area contributed by atoms with Crippen molar-refractivity contribution in [3.8, 4) is 17.1 Å². The number of halogens is 6. The Morgan fingerprint density at radius 1 is 1.13 bits per heavy atom. The number of aromatic nitrogens is 5. The van der Waals surface area contributed by atoms with Crippen LogP contribution in [0.2, 0.25) is 0 Å². The summed E-state index contributed by atoms with van der Waals surface area (Å²) in [6, 6.07) is 3.68. The summed E-state index contributed by atoms with van der Waals surface area (Å²) in [5, 5.41) is 15.7. The minimum atomic E-state index is -5.00. The summed E-state index contributed by atoms with van der Waals surface area (Å²) in [6.07, 6.45) is -6.55. The van der Waals surface area contributed by atoms with Crippen LogP contribution < -0.4 is 15.9 Å². The molecule has 1 aromatic carbocycles. The van der Waals surface area contributed by atoms with E-state index in [9.17, 15) is 41.0 Å². The van der Waals surface area contributed by atoms with E-state index in [1.165, 1.54) is 25.3 Å². The Balaban J connectivity index is 1.51. The molecule has 0 spiro atoms. The topological polar surface area (TPSA) is 123 Å². The predicted molar refractivity (Wildman–Crippen MR) is 125 cm³/mol. The average molecular weight is 555 g/mol. The molecule has 3 heterocycles. The van der Waals surface area contributed by atoms with Crippen LogP contribution in [0.25, 0.3) is 22.2 Å². The molecule has 0 aliphatic carbocycles. The van der Waals surface area contributed by atoms with E-state index >= 15 is 0 Å². The fourth-order valence-electron chi connectivity index (χ4n) is 3.90. The second kappa shape index (κ2) is 10.8. The van der Waals surface area contributed by atoms with Gasteiger partial charge in [-0.15, -0.1) is 0 Å². The Bertz CT molecular complexity index is 1600. The molecule has 4 aromatic rings. The van der Waals surface area contributed by atoms with Crippen LogP contribution >= 0.6 is 0 Å². The fraction of sp³-hybridized carbons (Fsp3) is 0.292. The molecule has 0 aliphatic heterocycles. The van der Waals surface area contributed by atoms with Gasteiger partial charge in [0.2, 0.25) is 0 Å². The van der Waals surface area contributed by atoms with Gasteiger partial charge in [0, 0.05) is 25.0 Å². The number of pyridine rings is 1. The molecule has 0 saturated carbocycles. The quantitative estimate of drug-likeness (QED) is 0.317. The Morgan fingerprint density at radius 2 is 1.82 bits per heavy atom. The molecule has 15 heteroatoms. The number of nitrogens with zero attached hydrogens (tertiary/aromatic N) is 4. The molecule has 2 N–H and O–H groups in total. The van der Waals surface area contributed by atoms with Gasteiger partial charge in [-0.25, -0.2) is 28.2 Å². The van der Waals surface area contributed by atoms with Gasteiger partial charge in [-0.3, -0.25) is 9.59 Å². The number of benzene rings is 1. The maximum atomic E-state index is 14.8. The first kappa shape index (κ1) is 27.8. The highest BCUT2D eigenvalue weighted by molar-refractivity contribution is 5.85. The van der Waals surface area contributed by atoms with Crippen molar-refractivity contribution in [3.63, 3.8) is 0 Å². The number of aromatic amines is 1. The number of ether oxygens (including phenoxy) is 1. The number of rotatable bonds is 8. The molecule has 3 aromatic heterocycles. The second-order valence-corrected chi connectivity index (χ2v) is 8.59. The van der Waals surface area contributed by atoms with Crippen LogP contribution in [0.5, 0.6) is 5.75 Å². The minimum Gasteiger partial charge on any atom is -0.488 e. The molecule has 0 bridgehead atoms. The number of fused-ring (bicyclic) bond motifs is 1. The molecule has 0 unspecified atom stereocenters. The summed E-state index contributed by atoms with van der Waals surface area (Å²) < 4.78 is 86.2. The van der Waals surface area contributed by atoms with Crippen molar-refractivity contribution in [3.05, 3.63) is 80.6 Å². The van der Waals surface area contributed by atoms with Crippen LogP contribution in [0, 0.1) is 5.82 Å². The van der Waals surface area contributed by atoms with Gasteiger partial charge in [0.25, 0.3) is 17.5 Å². The molecule has 0 amide bonds. The molecular weight excluding hydrogens is 536 g/mol. The van der Waals surface area contributed by atoms with Gasteiger partial charge in [0.15, 0.2) is 17.1 Å². The van der Waals surface area contributed by atoms with E-state index in [-0.39, 0.29) is 29.7 Å². The molecule has 9 nitrogen and oxygen atoms in total. The summed E-state index contributed by atoms with van der Waals surface area (Å²) in [7, 11) is 0. The van der Waals surface area contributed by atoms with E-state index in [2.05, 4.69) is 15.1 Å². The number of aliphatic hydroxyl groups excluding tert-OH is 1. The highest BCUT2D eigenvalue weighted by Gasteiger charge is 2.38. The molecule has 4 rings (SSSR count). The normalized spacial score (nSPS) is 13.6. The molecule has 0 fully saturated rings. The summed E-state index contributed by atoms with van der Waals surface area (Å²) in [4.78, 5) is 32.0. The third kappa shape index (κ3) is 6.08. The van der Waals surface area contributed by atoms with Crippen LogP contribution in [-0.4, -0.2) is 42.0 Å². The number of nitrogens with one attached hydrogen (secondary N) is 1. The third-order valence-corrected chi connectivity index (χ3v) is 5.67. The van der Waals surface area contributed by atoms with E-state index in [0.717, 1.165) is 23.0 Å². The van der Waals surface area contributed by atoms with E-state index < -0.39 is 58.6 Å². The van der Waals surface area contributed by atoms with Gasteiger partial charge in [0.1, 0.15) is 5.82 Å². The van der Waals surface area contributed by atoms with Crippen LogP contribution in [0.15, 0.2) is 52.6 Å². The maximum Gasteiger partial charge on any atom is 0.425 e. The van der Waals surface area contributed by atoms with Gasteiger partial charge in [-0.2, -0.15) is 18.3 Å². The van der Waals surface area contributed by atoms with Gasteiger partial charge in [0.05, 0.1) is 41.5 Å². The zero-order valence-corrected chi connectivity index (χ0v) is 19.9. The Morgan fingerprint density at radius 3 is 2.46 bits per heavy atom. The number of hydrogen-bond donors (Lipinski definition) is 2. The van der Waals surface area contributed by atoms with Gasteiger partial charge in [-0.1, -0.05) is 0 Å². The largest absolute Gasteiger partial charge is 0.488 e. The van der Waals surface area contributed by atoms with Crippen molar-refractivity contribution in [1.82, 2.24) is 24.7 Å². The Labute approximate surface area is 214 Å². The average Bonchev–Trinajstić information content (AvgIpc) is 2.85. The van der Waals surface area contributed by atoms with E-state index in [1.54, 1.807) is 5.10 Å². The van der Waals surface area contributed by atoms with Crippen molar-refractivity contribution in [2.24, 2.45) is 0 Å². The fourth-order valence-corrected chi connectivity index (χ4v) is 3.90. The van der Waals surface area contributed by atoms with E-state index in [4.69, 9.17) is 4.74 Å². The maximum absolute atomic E-state index is 14.8. The van der Waals surface area contributed by atoms with E-state index in [0.29, 0.717) is 11.6 Å². The van der Waals surface area contributed by atoms with Gasteiger partial charge >= 0.3 is 6.18 Å². The van der Waals surface area contributed by atoms with Gasteiger partial charge < -0.3 is 14.4 Å². The van der Waals surface area contributed by atoms with Crippen molar-refractivity contribution < 1.29 is 36.2 Å². The predicted octanol–water partition coefficient (Wildman–Crippen LogP) is 3.86. The summed E-state index contributed by atoms with van der Waals surface area (Å²) in [6.45, 7) is 1.06. The molecule has 39 heavy (non-hydrogen) atoms. The third-order valence-electron chi connectivity index (χ3n) is 5.67. The first-order chi connectivity index (χ1) is 18.3. The minimum absolute atomic E-state index is 0.0520. The lowest BCUT2D eigenvalue weighted by atomic mass is 10.1. The summed E-state index contributed by atoms with van der Waals surface area (Å²) in [5.74, 6) is -1.85. The molecule has 0 saturated heterocycles. The smallest absolute Gasteiger partial charge is 0.425 e. The zero-order chi connectivity index (χ0) is 28.5. The standard InChI is InChI=1S/C24H19F6N5O4/c1-11(39-18-9-33-34-22(37)19(18)24(28,29)30)4-14(36)10-35-3-2-12-5-16(17(25)6-15(12)23(35)38)21-31-7-13(8-32-21)20(26)27/h2-3,5-9,11,14,20,36H,4,10H2,1H3,(H,34,37)/t11-,14-/m0/s1. The van der Waals surface area contributed by atoms with E-state index in [1.807, 2.05) is 0 Å². The number of hydrogen-bond acceptors (Lipinski definition) is 7. The van der Waals surface area contributed by atoms with Crippen LogP contribution in [0.3, 0.4) is 0 Å². The molecule has 0 radical (unpaired) electrons. The van der Waals surface area contributed by atoms with Crippen molar-refractivity contribution in [1.29, 1.82) is 0 Å². The Hall–Kier alpha value is -4.27. The number of alkyl halides is 5. The second-order valence-electron chi connectivity index (χ2n) is 8.59. The zero-order valence-electron chi connectivity index (χ0n) is 19.9. The molecule has 0 aliphatic rings. The van der Waals surface area contributed by atoms with Crippen molar-refractivity contribution >= 4 is 10.8 Å². The van der Waals surface area contributed by atoms with Crippen LogP contribution in [0.4, 0.5) is 26.3 Å². The van der Waals surface area contributed by atoms with Crippen molar-refractivity contribution in [2.75, 3.05) is 0 Å². The lowest BCUT2D eigenvalue weighted by molar-refractivity contribution is -0.140. The molecular formula is C24H19F6N5O4. The monoisotopic (exact) mass is 555 g/mol. The Kier molecular flexibility index (Phi) is 7.72. The number of H-pyrrole nitrogens is 1. The molecule has 2 atom stereocenters. The lowest BCUT2D eigenvalue weighted by Crippen LogP contribution is -2.31. The highest BCUT2D eigenvalue weighted by atomic mass is 19.4. The lowest BCUT2D eigenvalue weighted by Gasteiger charge is -2.20. The van der Waals surface area contributed by atoms with Crippen molar-refractivity contribution in [2.45, 2.75) is 44.7 Å². The van der Waals surface area contributed by atoms with Crippen LogP contribution in [-0.2, 0) is 12.7 Å². The van der Waals surface area contributed by atoms with Gasteiger partial charge in [-0.05, 0) is 30.5 Å². The summed E-state index contributed by atoms with van der Waals surface area (Å²) in [5.41, 5.74) is -4.27. The summed E-state index contributed by atoms with van der Waals surface area (Å²) >= 11 is 0. The highest BCUT2D eigenvalue weighted by Crippen LogP contribution is 2.33. The number of aliphatic hydroxyl groups is 1. The first-order valence-electron chi connectivity index (χ1n) is 11.3. The first-order valence-corrected chi connectivity index (χ1v) is 11.3. The molecule has 206 valence electrons.